The highest BCUT2D eigenvalue weighted by molar-refractivity contribution is 5.92. The lowest BCUT2D eigenvalue weighted by Gasteiger charge is -2.27. The van der Waals surface area contributed by atoms with Gasteiger partial charge in [-0.25, -0.2) is 0 Å². The lowest BCUT2D eigenvalue weighted by atomic mass is 10.1. The number of aliphatic hydroxyl groups excluding tert-OH is 1. The van der Waals surface area contributed by atoms with Gasteiger partial charge in [0.2, 0.25) is 0 Å². The number of nitrogens with zero attached hydrogens (tertiary/aromatic N) is 4. The van der Waals surface area contributed by atoms with E-state index in [-0.39, 0.29) is 18.6 Å². The molecular formula is C11H18N4O2. The Bertz CT molecular complexity index is 391. The normalized spacial score (nSPS) is 21.3. The van der Waals surface area contributed by atoms with Crippen LogP contribution in [0.2, 0.25) is 0 Å². The molecule has 1 amide bonds. The molecule has 1 atom stereocenters. The van der Waals surface area contributed by atoms with E-state index >= 15 is 0 Å². The van der Waals surface area contributed by atoms with Crippen LogP contribution in [0, 0.1) is 0 Å². The molecule has 6 heteroatoms. The van der Waals surface area contributed by atoms with Gasteiger partial charge in [-0.05, 0) is 12.8 Å². The van der Waals surface area contributed by atoms with E-state index in [9.17, 15) is 9.90 Å². The number of hydrogen-bond acceptors (Lipinski definition) is 4. The Morgan fingerprint density at radius 1 is 1.53 bits per heavy atom. The van der Waals surface area contributed by atoms with Crippen molar-refractivity contribution in [2.75, 3.05) is 13.2 Å². The van der Waals surface area contributed by atoms with Crippen LogP contribution in [-0.2, 0) is 7.05 Å². The second-order valence-corrected chi connectivity index (χ2v) is 4.40. The molecule has 0 saturated carbocycles. The fraction of sp³-hybridized carbons (Fsp3) is 0.727. The van der Waals surface area contributed by atoms with E-state index in [4.69, 9.17) is 0 Å². The number of aryl methyl sites for hydroxylation is 1. The Hall–Kier alpha value is -1.43. The average Bonchev–Trinajstić information content (AvgIpc) is 2.64. The van der Waals surface area contributed by atoms with Gasteiger partial charge in [0.1, 0.15) is 0 Å². The summed E-state index contributed by atoms with van der Waals surface area (Å²) in [5.74, 6) is -0.126. The van der Waals surface area contributed by atoms with E-state index in [2.05, 4.69) is 10.2 Å². The molecule has 2 rings (SSSR count). The smallest absolute Gasteiger partial charge is 0.276 e. The van der Waals surface area contributed by atoms with Crippen LogP contribution >= 0.6 is 0 Å². The van der Waals surface area contributed by atoms with Crippen LogP contribution in [-0.4, -0.2) is 50.1 Å². The summed E-state index contributed by atoms with van der Waals surface area (Å²) in [7, 11) is 1.68. The third kappa shape index (κ3) is 2.63. The predicted molar refractivity (Wildman–Crippen MR) is 61.4 cm³/mol. The summed E-state index contributed by atoms with van der Waals surface area (Å²) in [5, 5.41) is 17.3. The molecule has 0 radical (unpaired) electrons. The summed E-state index contributed by atoms with van der Waals surface area (Å²) in [6, 6.07) is -0.0768. The van der Waals surface area contributed by atoms with Gasteiger partial charge in [0.15, 0.2) is 5.69 Å². The SMILES string of the molecule is Cn1ncc(C(=O)N2CCCCCC2CO)n1. The van der Waals surface area contributed by atoms with E-state index in [1.165, 1.54) is 11.0 Å². The first-order valence-electron chi connectivity index (χ1n) is 6.00. The summed E-state index contributed by atoms with van der Waals surface area (Å²) >= 11 is 0. The zero-order valence-electron chi connectivity index (χ0n) is 10.0. The predicted octanol–water partition coefficient (Wildman–Crippen LogP) is 0.192. The van der Waals surface area contributed by atoms with Gasteiger partial charge in [0.25, 0.3) is 5.91 Å². The first-order chi connectivity index (χ1) is 8.22. The molecule has 1 aromatic rings. The first-order valence-corrected chi connectivity index (χ1v) is 6.00. The second kappa shape index (κ2) is 5.27. The monoisotopic (exact) mass is 238 g/mol. The minimum Gasteiger partial charge on any atom is -0.394 e. The lowest BCUT2D eigenvalue weighted by molar-refractivity contribution is 0.0593. The van der Waals surface area contributed by atoms with E-state index in [1.54, 1.807) is 11.9 Å². The summed E-state index contributed by atoms with van der Waals surface area (Å²) in [5.41, 5.74) is 0.354. The minimum absolute atomic E-state index is 0.0198. The molecule has 0 aromatic carbocycles. The molecule has 6 nitrogen and oxygen atoms in total. The Morgan fingerprint density at radius 3 is 3.00 bits per heavy atom. The van der Waals surface area contributed by atoms with Crippen molar-refractivity contribution < 1.29 is 9.90 Å². The van der Waals surface area contributed by atoms with Crippen LogP contribution in [0.3, 0.4) is 0 Å². The Labute approximate surface area is 100 Å². The van der Waals surface area contributed by atoms with Gasteiger partial charge in [-0.2, -0.15) is 9.90 Å². The molecule has 1 aromatic heterocycles. The van der Waals surface area contributed by atoms with Crippen molar-refractivity contribution >= 4 is 5.91 Å². The highest BCUT2D eigenvalue weighted by Crippen LogP contribution is 2.18. The zero-order chi connectivity index (χ0) is 12.3. The molecule has 1 fully saturated rings. The number of aromatic nitrogens is 3. The van der Waals surface area contributed by atoms with E-state index in [0.29, 0.717) is 12.2 Å². The van der Waals surface area contributed by atoms with Gasteiger partial charge in [0.05, 0.1) is 18.8 Å². The Morgan fingerprint density at radius 2 is 2.35 bits per heavy atom. The zero-order valence-corrected chi connectivity index (χ0v) is 10.0. The number of likely N-dealkylation sites (tertiary alicyclic amines) is 1. The van der Waals surface area contributed by atoms with Gasteiger partial charge in [0, 0.05) is 13.6 Å². The highest BCUT2D eigenvalue weighted by atomic mass is 16.3. The minimum atomic E-state index is -0.126. The van der Waals surface area contributed by atoms with Crippen LogP contribution in [0.1, 0.15) is 36.2 Å². The molecule has 0 aliphatic carbocycles. The molecule has 17 heavy (non-hydrogen) atoms. The lowest BCUT2D eigenvalue weighted by Crippen LogP contribution is -2.42. The fourth-order valence-electron chi connectivity index (χ4n) is 2.23. The van der Waals surface area contributed by atoms with E-state index in [1.807, 2.05) is 0 Å². The maximum atomic E-state index is 12.2. The quantitative estimate of drug-likeness (QED) is 0.798. The number of rotatable bonds is 2. The molecular weight excluding hydrogens is 220 g/mol. The van der Waals surface area contributed by atoms with Gasteiger partial charge >= 0.3 is 0 Å². The first kappa shape index (κ1) is 12.0. The fourth-order valence-corrected chi connectivity index (χ4v) is 2.23. The van der Waals surface area contributed by atoms with Crippen molar-refractivity contribution in [3.8, 4) is 0 Å². The maximum Gasteiger partial charge on any atom is 0.276 e. The van der Waals surface area contributed by atoms with Crippen LogP contribution in [0.4, 0.5) is 0 Å². The molecule has 0 spiro atoms. The van der Waals surface area contributed by atoms with Crippen LogP contribution in [0.15, 0.2) is 6.20 Å². The van der Waals surface area contributed by atoms with Gasteiger partial charge < -0.3 is 10.0 Å². The third-order valence-electron chi connectivity index (χ3n) is 3.17. The molecule has 1 saturated heterocycles. The van der Waals surface area contributed by atoms with Gasteiger partial charge in [-0.1, -0.05) is 12.8 Å². The standard InChI is InChI=1S/C11H18N4O2/c1-14-12-7-10(13-14)11(17)15-6-4-2-3-5-9(15)8-16/h7,9,16H,2-6,8H2,1H3. The summed E-state index contributed by atoms with van der Waals surface area (Å²) in [4.78, 5) is 15.3. The second-order valence-electron chi connectivity index (χ2n) is 4.40. The third-order valence-corrected chi connectivity index (χ3v) is 3.17. The van der Waals surface area contributed by atoms with Crippen molar-refractivity contribution in [2.24, 2.45) is 7.05 Å². The average molecular weight is 238 g/mol. The number of carbonyl (C=O) groups excluding carboxylic acids is 1. The van der Waals surface area contributed by atoms with E-state index < -0.39 is 0 Å². The molecule has 1 aliphatic heterocycles. The summed E-state index contributed by atoms with van der Waals surface area (Å²) in [6.45, 7) is 0.715. The van der Waals surface area contributed by atoms with Crippen LogP contribution < -0.4 is 0 Å². The largest absolute Gasteiger partial charge is 0.394 e. The van der Waals surface area contributed by atoms with Crippen molar-refractivity contribution in [3.05, 3.63) is 11.9 Å². The number of aliphatic hydroxyl groups is 1. The van der Waals surface area contributed by atoms with Gasteiger partial charge in [-0.15, -0.1) is 5.10 Å². The van der Waals surface area contributed by atoms with Crippen LogP contribution in [0.25, 0.3) is 0 Å². The van der Waals surface area contributed by atoms with Gasteiger partial charge in [-0.3, -0.25) is 4.79 Å². The molecule has 1 aliphatic rings. The van der Waals surface area contributed by atoms with Crippen molar-refractivity contribution in [1.29, 1.82) is 0 Å². The Kier molecular flexibility index (Phi) is 3.73. The molecule has 94 valence electrons. The number of carbonyl (C=O) groups is 1. The summed E-state index contributed by atoms with van der Waals surface area (Å²) < 4.78 is 0. The topological polar surface area (TPSA) is 71.2 Å². The van der Waals surface area contributed by atoms with Crippen molar-refractivity contribution in [3.63, 3.8) is 0 Å². The number of amides is 1. The van der Waals surface area contributed by atoms with Crippen molar-refractivity contribution in [2.45, 2.75) is 31.7 Å². The maximum absolute atomic E-state index is 12.2. The van der Waals surface area contributed by atoms with E-state index in [0.717, 1.165) is 25.7 Å². The highest BCUT2D eigenvalue weighted by Gasteiger charge is 2.27. The molecule has 1 unspecified atom stereocenters. The van der Waals surface area contributed by atoms with Crippen LogP contribution in [0.5, 0.6) is 0 Å². The molecule has 1 N–H and O–H groups in total. The van der Waals surface area contributed by atoms with Crippen molar-refractivity contribution in [1.82, 2.24) is 19.9 Å². The Balaban J connectivity index is 2.15. The summed E-state index contributed by atoms with van der Waals surface area (Å²) in [6.07, 6.45) is 5.50. The molecule has 2 heterocycles. The molecule has 0 bridgehead atoms. The number of hydrogen-bond donors (Lipinski definition) is 1.